The van der Waals surface area contributed by atoms with Crippen LogP contribution in [0.3, 0.4) is 0 Å². The zero-order valence-electron chi connectivity index (χ0n) is 15.0. The van der Waals surface area contributed by atoms with Crippen LogP contribution in [0.1, 0.15) is 30.1 Å². The van der Waals surface area contributed by atoms with Gasteiger partial charge in [0.25, 0.3) is 11.5 Å². The van der Waals surface area contributed by atoms with E-state index in [0.29, 0.717) is 23.1 Å². The summed E-state index contributed by atoms with van der Waals surface area (Å²) in [7, 11) is 0. The first kappa shape index (κ1) is 18.4. The first-order valence-corrected chi connectivity index (χ1v) is 8.52. The van der Waals surface area contributed by atoms with Crippen molar-refractivity contribution >= 4 is 22.6 Å². The maximum atomic E-state index is 12.6. The molecule has 3 rings (SSSR count). The van der Waals surface area contributed by atoms with Gasteiger partial charge in [0.2, 0.25) is 0 Å². The molecule has 27 heavy (non-hydrogen) atoms. The van der Waals surface area contributed by atoms with Crippen LogP contribution in [0.5, 0.6) is 0 Å². The number of esters is 1. The number of fused-ring (bicyclic) bond motifs is 1. The van der Waals surface area contributed by atoms with Crippen molar-refractivity contribution in [3.63, 3.8) is 0 Å². The summed E-state index contributed by atoms with van der Waals surface area (Å²) in [4.78, 5) is 37.1. The quantitative estimate of drug-likeness (QED) is 0.665. The van der Waals surface area contributed by atoms with Gasteiger partial charge in [0.15, 0.2) is 11.8 Å². The van der Waals surface area contributed by atoms with Gasteiger partial charge in [-0.05, 0) is 32.0 Å². The minimum atomic E-state index is -1.03. The highest BCUT2D eigenvalue weighted by Crippen LogP contribution is 2.15. The van der Waals surface area contributed by atoms with Crippen molar-refractivity contribution in [3.05, 3.63) is 64.5 Å². The third kappa shape index (κ3) is 3.89. The molecule has 0 saturated heterocycles. The van der Waals surface area contributed by atoms with E-state index in [9.17, 15) is 14.4 Å². The number of rotatable bonds is 6. The van der Waals surface area contributed by atoms with Crippen molar-refractivity contribution in [2.45, 2.75) is 33.0 Å². The molecule has 1 unspecified atom stereocenters. The van der Waals surface area contributed by atoms with E-state index in [-0.39, 0.29) is 17.8 Å². The molecule has 0 aliphatic heterocycles. The Balaban J connectivity index is 1.78. The largest absolute Gasteiger partial charge is 0.467 e. The highest BCUT2D eigenvalue weighted by atomic mass is 16.5. The minimum Gasteiger partial charge on any atom is -0.467 e. The summed E-state index contributed by atoms with van der Waals surface area (Å²) in [5.74, 6) is -0.647. The molecule has 1 atom stereocenters. The molecule has 1 N–H and O–H groups in total. The van der Waals surface area contributed by atoms with Crippen molar-refractivity contribution in [1.82, 2.24) is 15.1 Å². The fraction of sp³-hybridized carbons (Fsp3) is 0.263. The third-order valence-electron chi connectivity index (χ3n) is 4.03. The molecule has 2 aromatic heterocycles. The number of furan rings is 1. The maximum absolute atomic E-state index is 12.6. The number of aryl methyl sites for hydroxylation is 1. The molecule has 1 aromatic carbocycles. The Hall–Kier alpha value is -3.42. The number of hydrogen-bond acceptors (Lipinski definition) is 6. The topological polar surface area (TPSA) is 103 Å². The Morgan fingerprint density at radius 1 is 1.22 bits per heavy atom. The van der Waals surface area contributed by atoms with E-state index in [1.807, 2.05) is 0 Å². The molecule has 0 bridgehead atoms. The molecular weight excluding hydrogens is 350 g/mol. The van der Waals surface area contributed by atoms with E-state index in [4.69, 9.17) is 9.15 Å². The van der Waals surface area contributed by atoms with Crippen LogP contribution in [0.2, 0.25) is 0 Å². The smallest absolute Gasteiger partial charge is 0.360 e. The second-order valence-corrected chi connectivity index (χ2v) is 5.86. The molecule has 0 fully saturated rings. The van der Waals surface area contributed by atoms with E-state index < -0.39 is 18.0 Å². The van der Waals surface area contributed by atoms with Crippen molar-refractivity contribution in [2.75, 3.05) is 0 Å². The average Bonchev–Trinajstić information content (AvgIpc) is 3.20. The molecule has 3 aromatic rings. The summed E-state index contributed by atoms with van der Waals surface area (Å²) in [6, 6.07) is 10.1. The van der Waals surface area contributed by atoms with Crippen LogP contribution in [0.25, 0.3) is 10.8 Å². The highest BCUT2D eigenvalue weighted by Gasteiger charge is 2.23. The summed E-state index contributed by atoms with van der Waals surface area (Å²) < 4.78 is 11.6. The van der Waals surface area contributed by atoms with Gasteiger partial charge in [-0.2, -0.15) is 5.10 Å². The Kier molecular flexibility index (Phi) is 5.35. The van der Waals surface area contributed by atoms with E-state index >= 15 is 0 Å². The number of nitrogens with zero attached hydrogens (tertiary/aromatic N) is 2. The molecule has 0 aliphatic carbocycles. The standard InChI is InChI=1S/C19H19N3O5/c1-3-22-18(24)15-9-5-4-8-14(15)16(21-22)19(25)27-12(2)17(23)20-11-13-7-6-10-26-13/h4-10,12H,3,11H2,1-2H3,(H,20,23). The molecular formula is C19H19N3O5. The Morgan fingerprint density at radius 3 is 2.63 bits per heavy atom. The van der Waals surface area contributed by atoms with Gasteiger partial charge in [-0.15, -0.1) is 0 Å². The fourth-order valence-electron chi connectivity index (χ4n) is 2.60. The van der Waals surface area contributed by atoms with Crippen LogP contribution >= 0.6 is 0 Å². The predicted molar refractivity (Wildman–Crippen MR) is 97.1 cm³/mol. The Bertz CT molecular complexity index is 1020. The van der Waals surface area contributed by atoms with Crippen LogP contribution in [0.15, 0.2) is 51.9 Å². The molecule has 8 heteroatoms. The summed E-state index contributed by atoms with van der Waals surface area (Å²) in [5.41, 5.74) is -0.286. The minimum absolute atomic E-state index is 0.00210. The summed E-state index contributed by atoms with van der Waals surface area (Å²) in [6.07, 6.45) is 0.472. The van der Waals surface area contributed by atoms with Crippen molar-refractivity contribution in [2.24, 2.45) is 0 Å². The number of nitrogens with one attached hydrogen (secondary N) is 1. The van der Waals surface area contributed by atoms with E-state index in [2.05, 4.69) is 10.4 Å². The van der Waals surface area contributed by atoms with Gasteiger partial charge < -0.3 is 14.5 Å². The molecule has 8 nitrogen and oxygen atoms in total. The van der Waals surface area contributed by atoms with Crippen LogP contribution in [-0.4, -0.2) is 27.8 Å². The van der Waals surface area contributed by atoms with Gasteiger partial charge >= 0.3 is 5.97 Å². The van der Waals surface area contributed by atoms with Gasteiger partial charge in [-0.1, -0.05) is 18.2 Å². The average molecular weight is 369 g/mol. The second kappa shape index (κ2) is 7.86. The van der Waals surface area contributed by atoms with E-state index in [1.54, 1.807) is 43.3 Å². The van der Waals surface area contributed by atoms with Crippen LogP contribution in [0, 0.1) is 0 Å². The molecule has 0 saturated carbocycles. The van der Waals surface area contributed by atoms with Gasteiger partial charge in [0.1, 0.15) is 5.76 Å². The summed E-state index contributed by atoms with van der Waals surface area (Å²) >= 11 is 0. The first-order valence-electron chi connectivity index (χ1n) is 8.52. The summed E-state index contributed by atoms with van der Waals surface area (Å²) in [6.45, 7) is 3.72. The molecule has 0 radical (unpaired) electrons. The SMILES string of the molecule is CCn1nc(C(=O)OC(C)C(=O)NCc2ccco2)c2ccccc2c1=O. The number of aromatic nitrogens is 2. The van der Waals surface area contributed by atoms with Crippen LogP contribution in [0.4, 0.5) is 0 Å². The Morgan fingerprint density at radius 2 is 1.96 bits per heavy atom. The lowest BCUT2D eigenvalue weighted by molar-refractivity contribution is -0.129. The lowest BCUT2D eigenvalue weighted by Gasteiger charge is -2.14. The number of benzene rings is 1. The number of ether oxygens (including phenoxy) is 1. The number of carbonyl (C=O) groups excluding carboxylic acids is 2. The normalized spacial score (nSPS) is 11.9. The van der Waals surface area contributed by atoms with Crippen LogP contribution in [-0.2, 0) is 22.6 Å². The van der Waals surface area contributed by atoms with Gasteiger partial charge in [-0.3, -0.25) is 9.59 Å². The number of carbonyl (C=O) groups is 2. The molecule has 0 aliphatic rings. The number of amides is 1. The van der Waals surface area contributed by atoms with Crippen molar-refractivity contribution < 1.29 is 18.7 Å². The lowest BCUT2D eigenvalue weighted by Crippen LogP contribution is -2.36. The van der Waals surface area contributed by atoms with Crippen molar-refractivity contribution in [3.8, 4) is 0 Å². The predicted octanol–water partition coefficient (Wildman–Crippen LogP) is 1.87. The van der Waals surface area contributed by atoms with E-state index in [0.717, 1.165) is 0 Å². The second-order valence-electron chi connectivity index (χ2n) is 5.86. The van der Waals surface area contributed by atoms with Crippen LogP contribution < -0.4 is 10.9 Å². The molecule has 2 heterocycles. The molecule has 0 spiro atoms. The van der Waals surface area contributed by atoms with E-state index in [1.165, 1.54) is 17.9 Å². The van der Waals surface area contributed by atoms with Gasteiger partial charge in [-0.25, -0.2) is 9.48 Å². The zero-order valence-corrected chi connectivity index (χ0v) is 15.0. The first-order chi connectivity index (χ1) is 13.0. The zero-order chi connectivity index (χ0) is 19.4. The number of hydrogen-bond donors (Lipinski definition) is 1. The lowest BCUT2D eigenvalue weighted by atomic mass is 10.1. The summed E-state index contributed by atoms with van der Waals surface area (Å²) in [5, 5.41) is 7.49. The monoisotopic (exact) mass is 369 g/mol. The molecule has 140 valence electrons. The Labute approximate surface area is 154 Å². The third-order valence-corrected chi connectivity index (χ3v) is 4.03. The maximum Gasteiger partial charge on any atom is 0.360 e. The molecule has 1 amide bonds. The van der Waals surface area contributed by atoms with Crippen molar-refractivity contribution in [1.29, 1.82) is 0 Å². The fourth-order valence-corrected chi connectivity index (χ4v) is 2.60. The highest BCUT2D eigenvalue weighted by molar-refractivity contribution is 6.02. The van der Waals surface area contributed by atoms with Gasteiger partial charge in [0.05, 0.1) is 18.2 Å². The van der Waals surface area contributed by atoms with Gasteiger partial charge in [0, 0.05) is 11.9 Å².